The predicted octanol–water partition coefficient (Wildman–Crippen LogP) is 5.53. The van der Waals surface area contributed by atoms with Crippen LogP contribution in [0.25, 0.3) is 10.2 Å². The molecule has 1 amide bonds. The Labute approximate surface area is 231 Å². The molecular formula is C27H32ClN5O4S. The smallest absolute Gasteiger partial charge is 0.293 e. The van der Waals surface area contributed by atoms with E-state index in [9.17, 15) is 14.9 Å². The number of carbonyl (C=O) groups is 1. The summed E-state index contributed by atoms with van der Waals surface area (Å²) in [4.78, 5) is 36.4. The lowest BCUT2D eigenvalue weighted by Gasteiger charge is -2.29. The van der Waals surface area contributed by atoms with Crippen LogP contribution >= 0.6 is 22.9 Å². The quantitative estimate of drug-likeness (QED) is 0.266. The van der Waals surface area contributed by atoms with Gasteiger partial charge < -0.3 is 9.64 Å². The lowest BCUT2D eigenvalue weighted by atomic mass is 10.1. The minimum Gasteiger partial charge on any atom is -0.379 e. The summed E-state index contributed by atoms with van der Waals surface area (Å²) in [5, 5.41) is 13.2. The van der Waals surface area contributed by atoms with E-state index in [2.05, 4.69) is 9.80 Å². The second-order valence-electron chi connectivity index (χ2n) is 9.79. The highest BCUT2D eigenvalue weighted by atomic mass is 35.5. The number of halogens is 1. The van der Waals surface area contributed by atoms with Gasteiger partial charge in [-0.25, -0.2) is 4.98 Å². The van der Waals surface area contributed by atoms with Crippen molar-refractivity contribution in [2.75, 3.05) is 62.3 Å². The van der Waals surface area contributed by atoms with Crippen molar-refractivity contribution in [1.82, 2.24) is 9.88 Å². The van der Waals surface area contributed by atoms with Crippen LogP contribution in [-0.2, 0) is 4.74 Å². The average molecular weight is 558 g/mol. The second kappa shape index (κ2) is 11.9. The first-order valence-electron chi connectivity index (χ1n) is 13.1. The molecule has 11 heteroatoms. The molecule has 1 aromatic heterocycles. The molecule has 5 rings (SSSR count). The fourth-order valence-electron chi connectivity index (χ4n) is 5.13. The number of nitro groups is 1. The van der Waals surface area contributed by atoms with E-state index in [1.54, 1.807) is 17.0 Å². The first-order valence-corrected chi connectivity index (χ1v) is 14.3. The van der Waals surface area contributed by atoms with Crippen LogP contribution in [0.5, 0.6) is 0 Å². The number of ether oxygens (including phenoxy) is 1. The van der Waals surface area contributed by atoms with Gasteiger partial charge in [0.1, 0.15) is 5.69 Å². The van der Waals surface area contributed by atoms with Gasteiger partial charge in [0.2, 0.25) is 0 Å². The Morgan fingerprint density at radius 1 is 1.16 bits per heavy atom. The summed E-state index contributed by atoms with van der Waals surface area (Å²) in [6.07, 6.45) is 3.90. The third kappa shape index (κ3) is 5.78. The zero-order valence-corrected chi connectivity index (χ0v) is 23.1. The number of hydrogen-bond donors (Lipinski definition) is 0. The number of aromatic nitrogens is 1. The van der Waals surface area contributed by atoms with Crippen LogP contribution in [0.2, 0.25) is 5.02 Å². The molecular weight excluding hydrogens is 526 g/mol. The van der Waals surface area contributed by atoms with Gasteiger partial charge in [-0.05, 0) is 62.4 Å². The van der Waals surface area contributed by atoms with Crippen molar-refractivity contribution in [3.8, 4) is 0 Å². The van der Waals surface area contributed by atoms with Crippen LogP contribution in [0, 0.1) is 17.0 Å². The first-order chi connectivity index (χ1) is 18.4. The van der Waals surface area contributed by atoms with Crippen LogP contribution in [0.1, 0.15) is 41.6 Å². The minimum atomic E-state index is -0.382. The molecule has 0 spiro atoms. The SMILES string of the molecule is Cc1c(Cl)ccc2sc(N(CCCN3CCOCC3)C(=O)c3ccc(N4CCCCC4)c([N+](=O)[O-])c3)nc12. The van der Waals surface area contributed by atoms with Crippen molar-refractivity contribution in [2.24, 2.45) is 0 Å². The van der Waals surface area contributed by atoms with Crippen molar-refractivity contribution < 1.29 is 14.5 Å². The van der Waals surface area contributed by atoms with Crippen LogP contribution in [-0.4, -0.2) is 73.2 Å². The lowest BCUT2D eigenvalue weighted by molar-refractivity contribution is -0.384. The van der Waals surface area contributed by atoms with Crippen LogP contribution in [0.3, 0.4) is 0 Å². The van der Waals surface area contributed by atoms with Gasteiger partial charge in [-0.3, -0.25) is 24.7 Å². The molecule has 0 saturated carbocycles. The van der Waals surface area contributed by atoms with Gasteiger partial charge in [-0.1, -0.05) is 22.9 Å². The summed E-state index contributed by atoms with van der Waals surface area (Å²) in [6, 6.07) is 8.63. The number of thiazole rings is 1. The largest absolute Gasteiger partial charge is 0.379 e. The number of carbonyl (C=O) groups excluding carboxylic acids is 1. The van der Waals surface area contributed by atoms with Gasteiger partial charge in [0.05, 0.1) is 28.4 Å². The van der Waals surface area contributed by atoms with E-state index < -0.39 is 0 Å². The van der Waals surface area contributed by atoms with E-state index in [1.165, 1.54) is 17.4 Å². The fraction of sp³-hybridized carbons (Fsp3) is 0.481. The number of nitro benzene ring substituents is 1. The highest BCUT2D eigenvalue weighted by Crippen LogP contribution is 2.36. The van der Waals surface area contributed by atoms with E-state index in [4.69, 9.17) is 21.3 Å². The summed E-state index contributed by atoms with van der Waals surface area (Å²) in [6.45, 7) is 7.95. The molecule has 2 aromatic carbocycles. The Hall–Kier alpha value is -2.79. The van der Waals surface area contributed by atoms with Crippen LogP contribution in [0.4, 0.5) is 16.5 Å². The maximum Gasteiger partial charge on any atom is 0.293 e. The molecule has 2 aliphatic rings. The van der Waals surface area contributed by atoms with E-state index in [0.29, 0.717) is 35.6 Å². The Morgan fingerprint density at radius 2 is 1.92 bits per heavy atom. The normalized spacial score (nSPS) is 16.6. The summed E-state index contributed by atoms with van der Waals surface area (Å²) >= 11 is 7.76. The van der Waals surface area contributed by atoms with Crippen LogP contribution < -0.4 is 9.80 Å². The Kier molecular flexibility index (Phi) is 8.42. The Balaban J connectivity index is 1.45. The van der Waals surface area contributed by atoms with E-state index in [0.717, 1.165) is 74.2 Å². The van der Waals surface area contributed by atoms with Gasteiger partial charge >= 0.3 is 0 Å². The van der Waals surface area contributed by atoms with Crippen molar-refractivity contribution in [1.29, 1.82) is 0 Å². The van der Waals surface area contributed by atoms with Crippen molar-refractivity contribution in [3.05, 3.63) is 56.6 Å². The molecule has 9 nitrogen and oxygen atoms in total. The number of aryl methyl sites for hydroxylation is 1. The fourth-order valence-corrected chi connectivity index (χ4v) is 6.33. The zero-order chi connectivity index (χ0) is 26.6. The number of anilines is 2. The maximum atomic E-state index is 13.9. The van der Waals surface area contributed by atoms with Crippen LogP contribution in [0.15, 0.2) is 30.3 Å². The number of piperidine rings is 1. The monoisotopic (exact) mass is 557 g/mol. The van der Waals surface area contributed by atoms with E-state index in [-0.39, 0.29) is 22.1 Å². The van der Waals surface area contributed by atoms with Crippen molar-refractivity contribution in [3.63, 3.8) is 0 Å². The Morgan fingerprint density at radius 3 is 2.66 bits per heavy atom. The number of morpholine rings is 1. The van der Waals surface area contributed by atoms with Gasteiger partial charge in [-0.2, -0.15) is 0 Å². The number of hydrogen-bond acceptors (Lipinski definition) is 8. The summed E-state index contributed by atoms with van der Waals surface area (Å²) < 4.78 is 6.39. The second-order valence-corrected chi connectivity index (χ2v) is 11.2. The molecule has 202 valence electrons. The van der Waals surface area contributed by atoms with Gasteiger partial charge in [0, 0.05) is 55.9 Å². The number of rotatable bonds is 8. The minimum absolute atomic E-state index is 0.0297. The highest BCUT2D eigenvalue weighted by Gasteiger charge is 2.27. The molecule has 0 N–H and O–H groups in total. The Bertz CT molecular complexity index is 1320. The zero-order valence-electron chi connectivity index (χ0n) is 21.5. The van der Waals surface area contributed by atoms with E-state index in [1.807, 2.05) is 19.1 Å². The molecule has 2 saturated heterocycles. The maximum absolute atomic E-state index is 13.9. The van der Waals surface area contributed by atoms with Gasteiger partial charge in [-0.15, -0.1) is 0 Å². The van der Waals surface area contributed by atoms with Gasteiger partial charge in [0.25, 0.3) is 11.6 Å². The number of amides is 1. The third-order valence-corrected chi connectivity index (χ3v) is 8.74. The number of nitrogens with zero attached hydrogens (tertiary/aromatic N) is 5. The average Bonchev–Trinajstić information content (AvgIpc) is 3.38. The number of benzene rings is 2. The lowest BCUT2D eigenvalue weighted by Crippen LogP contribution is -2.39. The molecule has 0 radical (unpaired) electrons. The molecule has 0 unspecified atom stereocenters. The summed E-state index contributed by atoms with van der Waals surface area (Å²) in [5.74, 6) is -0.289. The topological polar surface area (TPSA) is 92.0 Å². The van der Waals surface area contributed by atoms with E-state index >= 15 is 0 Å². The molecule has 3 aromatic rings. The van der Waals surface area contributed by atoms with Gasteiger partial charge in [0.15, 0.2) is 5.13 Å². The highest BCUT2D eigenvalue weighted by molar-refractivity contribution is 7.22. The predicted molar refractivity (Wildman–Crippen MR) is 152 cm³/mol. The van der Waals surface area contributed by atoms with Crippen molar-refractivity contribution in [2.45, 2.75) is 32.6 Å². The standard InChI is InChI=1S/C27H32ClN5O4S/c1-19-21(28)7-9-24-25(19)29-27(38-24)32(13-5-10-30-14-16-37-17-15-30)26(34)20-6-8-22(23(18-20)33(35)36)31-11-3-2-4-12-31/h6-9,18H,2-5,10-17H2,1H3. The molecule has 2 fully saturated rings. The molecule has 0 atom stereocenters. The molecule has 2 aliphatic heterocycles. The van der Waals surface area contributed by atoms with Crippen molar-refractivity contribution >= 4 is 55.6 Å². The third-order valence-electron chi connectivity index (χ3n) is 7.29. The molecule has 38 heavy (non-hydrogen) atoms. The number of fused-ring (bicyclic) bond motifs is 1. The summed E-state index contributed by atoms with van der Waals surface area (Å²) in [7, 11) is 0. The summed E-state index contributed by atoms with van der Waals surface area (Å²) in [5.41, 5.74) is 2.48. The molecule has 0 aliphatic carbocycles. The molecule has 3 heterocycles. The molecule has 0 bridgehead atoms. The first kappa shape index (κ1) is 26.8.